The fraction of sp³-hybridized carbons (Fsp3) is 0.318. The van der Waals surface area contributed by atoms with Gasteiger partial charge >= 0.3 is 0 Å². The molecule has 146 valence electrons. The van der Waals surface area contributed by atoms with Gasteiger partial charge in [-0.05, 0) is 45.0 Å². The average Bonchev–Trinajstić information content (AvgIpc) is 2.74. The van der Waals surface area contributed by atoms with Crippen molar-refractivity contribution in [2.45, 2.75) is 33.2 Å². The second-order valence-corrected chi connectivity index (χ2v) is 7.42. The van der Waals surface area contributed by atoms with Gasteiger partial charge in [0.25, 0.3) is 5.91 Å². The van der Waals surface area contributed by atoms with Crippen LogP contribution in [0, 0.1) is 13.8 Å². The quantitative estimate of drug-likeness (QED) is 0.891. The Bertz CT molecular complexity index is 918. The van der Waals surface area contributed by atoms with Crippen LogP contribution in [0.3, 0.4) is 0 Å². The number of benzene rings is 2. The minimum Gasteiger partial charge on any atom is -0.332 e. The van der Waals surface area contributed by atoms with Crippen molar-refractivity contribution >= 4 is 29.1 Å². The maximum absolute atomic E-state index is 13.1. The molecule has 0 bridgehead atoms. The predicted octanol–water partition coefficient (Wildman–Crippen LogP) is 3.14. The van der Waals surface area contributed by atoms with E-state index in [2.05, 4.69) is 5.32 Å². The van der Waals surface area contributed by atoms with E-state index in [4.69, 9.17) is 0 Å². The Balaban J connectivity index is 1.83. The number of likely N-dealkylation sites (N-methyl/N-ethyl adjacent to an activating group) is 1. The lowest BCUT2D eigenvalue weighted by Crippen LogP contribution is -2.45. The van der Waals surface area contributed by atoms with E-state index in [1.165, 1.54) is 4.90 Å². The molecule has 6 heteroatoms. The highest BCUT2D eigenvalue weighted by molar-refractivity contribution is 6.06. The summed E-state index contributed by atoms with van der Waals surface area (Å²) in [4.78, 5) is 41.0. The summed E-state index contributed by atoms with van der Waals surface area (Å²) in [5.41, 5.74) is 3.83. The molecule has 2 aromatic carbocycles. The molecule has 0 aromatic heterocycles. The van der Waals surface area contributed by atoms with E-state index >= 15 is 0 Å². The number of carbonyl (C=O) groups excluding carboxylic acids is 3. The van der Waals surface area contributed by atoms with Gasteiger partial charge in [-0.15, -0.1) is 0 Å². The van der Waals surface area contributed by atoms with Crippen LogP contribution in [0.25, 0.3) is 0 Å². The van der Waals surface area contributed by atoms with Gasteiger partial charge in [0.1, 0.15) is 6.54 Å². The highest BCUT2D eigenvalue weighted by Gasteiger charge is 2.30. The van der Waals surface area contributed by atoms with Crippen LogP contribution in [-0.2, 0) is 9.59 Å². The van der Waals surface area contributed by atoms with E-state index in [0.717, 1.165) is 11.1 Å². The molecule has 1 atom stereocenters. The van der Waals surface area contributed by atoms with Crippen molar-refractivity contribution in [1.82, 2.24) is 4.90 Å². The summed E-state index contributed by atoms with van der Waals surface area (Å²) in [6.45, 7) is 5.65. The molecular formula is C22H25N3O3. The van der Waals surface area contributed by atoms with Gasteiger partial charge in [-0.25, -0.2) is 0 Å². The van der Waals surface area contributed by atoms with Crippen molar-refractivity contribution in [1.29, 1.82) is 0 Å². The van der Waals surface area contributed by atoms with Crippen molar-refractivity contribution < 1.29 is 14.4 Å². The monoisotopic (exact) mass is 379 g/mol. The zero-order valence-electron chi connectivity index (χ0n) is 16.7. The number of hydrogen-bond donors (Lipinski definition) is 1. The fourth-order valence-corrected chi connectivity index (χ4v) is 3.64. The second kappa shape index (κ2) is 7.84. The van der Waals surface area contributed by atoms with Crippen LogP contribution in [0.5, 0.6) is 0 Å². The first kappa shape index (κ1) is 19.6. The predicted molar refractivity (Wildman–Crippen MR) is 110 cm³/mol. The summed E-state index contributed by atoms with van der Waals surface area (Å²) >= 11 is 0. The van der Waals surface area contributed by atoms with Gasteiger partial charge in [0.15, 0.2) is 0 Å². The molecule has 0 fully saturated rings. The van der Waals surface area contributed by atoms with E-state index in [1.807, 2.05) is 51.1 Å². The summed E-state index contributed by atoms with van der Waals surface area (Å²) in [5, 5.41) is 2.84. The van der Waals surface area contributed by atoms with Gasteiger partial charge in [-0.2, -0.15) is 0 Å². The Morgan fingerprint density at radius 3 is 2.46 bits per heavy atom. The molecule has 28 heavy (non-hydrogen) atoms. The molecule has 1 N–H and O–H groups in total. The highest BCUT2D eigenvalue weighted by Crippen LogP contribution is 2.31. The van der Waals surface area contributed by atoms with Crippen LogP contribution < -0.4 is 10.2 Å². The van der Waals surface area contributed by atoms with E-state index in [0.29, 0.717) is 16.9 Å². The molecule has 0 unspecified atom stereocenters. The fourth-order valence-electron chi connectivity index (χ4n) is 3.64. The van der Waals surface area contributed by atoms with Gasteiger partial charge in [0.2, 0.25) is 11.8 Å². The standard InChI is InChI=1S/C22H25N3O3/c1-14-9-15(2)11-17(10-14)22(28)24(4)13-21(27)25-16(3)12-20(26)23-18-7-5-6-8-19(18)25/h5-11,16H,12-13H2,1-4H3,(H,23,26)/t16-/m0/s1. The molecule has 0 radical (unpaired) electrons. The lowest BCUT2D eigenvalue weighted by molar-refractivity contribution is -0.119. The first-order chi connectivity index (χ1) is 13.3. The minimum absolute atomic E-state index is 0.0707. The SMILES string of the molecule is Cc1cc(C)cc(C(=O)N(C)CC(=O)N2c3ccccc3NC(=O)C[C@@H]2C)c1. The van der Waals surface area contributed by atoms with E-state index in [1.54, 1.807) is 24.1 Å². The molecule has 2 aromatic rings. The maximum atomic E-state index is 13.1. The zero-order valence-corrected chi connectivity index (χ0v) is 16.7. The number of nitrogens with one attached hydrogen (secondary N) is 1. The van der Waals surface area contributed by atoms with Crippen LogP contribution in [0.2, 0.25) is 0 Å². The Hall–Kier alpha value is -3.15. The second-order valence-electron chi connectivity index (χ2n) is 7.42. The molecule has 6 nitrogen and oxygen atoms in total. The zero-order chi connectivity index (χ0) is 20.4. The molecule has 1 aliphatic rings. The van der Waals surface area contributed by atoms with E-state index < -0.39 is 0 Å². The van der Waals surface area contributed by atoms with Crippen molar-refractivity contribution in [2.75, 3.05) is 23.8 Å². The van der Waals surface area contributed by atoms with Gasteiger partial charge in [0.05, 0.1) is 11.4 Å². The lowest BCUT2D eigenvalue weighted by atomic mass is 10.1. The van der Waals surface area contributed by atoms with E-state index in [9.17, 15) is 14.4 Å². The number of rotatable bonds is 3. The van der Waals surface area contributed by atoms with Crippen molar-refractivity contribution in [2.24, 2.45) is 0 Å². The summed E-state index contributed by atoms with van der Waals surface area (Å²) in [6, 6.07) is 12.6. The number of para-hydroxylation sites is 2. The van der Waals surface area contributed by atoms with Gasteiger partial charge in [0, 0.05) is 25.1 Å². The van der Waals surface area contributed by atoms with Crippen molar-refractivity contribution in [3.05, 3.63) is 59.2 Å². The third-order valence-corrected chi connectivity index (χ3v) is 4.82. The Morgan fingerprint density at radius 1 is 1.14 bits per heavy atom. The van der Waals surface area contributed by atoms with Crippen LogP contribution >= 0.6 is 0 Å². The molecule has 3 rings (SSSR count). The molecule has 0 spiro atoms. The molecular weight excluding hydrogens is 354 g/mol. The first-order valence-corrected chi connectivity index (χ1v) is 9.31. The third kappa shape index (κ3) is 4.06. The first-order valence-electron chi connectivity index (χ1n) is 9.31. The number of carbonyl (C=O) groups is 3. The van der Waals surface area contributed by atoms with Crippen molar-refractivity contribution in [3.63, 3.8) is 0 Å². The van der Waals surface area contributed by atoms with Gasteiger partial charge in [-0.1, -0.05) is 29.3 Å². The van der Waals surface area contributed by atoms with Crippen LogP contribution in [0.1, 0.15) is 34.8 Å². The van der Waals surface area contributed by atoms with Crippen LogP contribution in [0.4, 0.5) is 11.4 Å². The molecule has 0 saturated carbocycles. The Morgan fingerprint density at radius 2 is 1.79 bits per heavy atom. The number of aryl methyl sites for hydroxylation is 2. The normalized spacial score (nSPS) is 16.1. The summed E-state index contributed by atoms with van der Waals surface area (Å²) in [5.74, 6) is -0.559. The Labute approximate surface area is 165 Å². The van der Waals surface area contributed by atoms with Gasteiger partial charge in [-0.3, -0.25) is 14.4 Å². The molecule has 1 aliphatic heterocycles. The van der Waals surface area contributed by atoms with E-state index in [-0.39, 0.29) is 36.7 Å². The summed E-state index contributed by atoms with van der Waals surface area (Å²) in [7, 11) is 1.62. The Kier molecular flexibility index (Phi) is 5.49. The van der Waals surface area contributed by atoms with Crippen LogP contribution in [-0.4, -0.2) is 42.3 Å². The number of amides is 3. The summed E-state index contributed by atoms with van der Waals surface area (Å²) < 4.78 is 0. The number of fused-ring (bicyclic) bond motifs is 1. The van der Waals surface area contributed by atoms with Gasteiger partial charge < -0.3 is 15.1 Å². The number of hydrogen-bond acceptors (Lipinski definition) is 3. The molecule has 0 saturated heterocycles. The highest BCUT2D eigenvalue weighted by atomic mass is 16.2. The number of nitrogens with zero attached hydrogens (tertiary/aromatic N) is 2. The van der Waals surface area contributed by atoms with Crippen LogP contribution in [0.15, 0.2) is 42.5 Å². The molecule has 3 amide bonds. The average molecular weight is 379 g/mol. The maximum Gasteiger partial charge on any atom is 0.254 e. The minimum atomic E-state index is -0.305. The smallest absolute Gasteiger partial charge is 0.254 e. The molecule has 1 heterocycles. The topological polar surface area (TPSA) is 69.7 Å². The third-order valence-electron chi connectivity index (χ3n) is 4.82. The lowest BCUT2D eigenvalue weighted by Gasteiger charge is -2.29. The van der Waals surface area contributed by atoms with Crippen molar-refractivity contribution in [3.8, 4) is 0 Å². The largest absolute Gasteiger partial charge is 0.332 e. The molecule has 0 aliphatic carbocycles. The number of anilines is 2. The summed E-state index contributed by atoms with van der Waals surface area (Å²) in [6.07, 6.45) is 0.204.